The fourth-order valence-corrected chi connectivity index (χ4v) is 0.687. The highest BCUT2D eigenvalue weighted by molar-refractivity contribution is 5.74. The van der Waals surface area contributed by atoms with Gasteiger partial charge >= 0.3 is 0 Å². The van der Waals surface area contributed by atoms with Crippen LogP contribution in [0.5, 0.6) is 5.75 Å². The zero-order chi connectivity index (χ0) is 8.97. The average molecular weight is 169 g/mol. The second kappa shape index (κ2) is 3.56. The molecule has 0 bridgehead atoms. The molecule has 5 heteroatoms. The van der Waals surface area contributed by atoms with Crippen LogP contribution in [-0.2, 0) is 0 Å². The lowest BCUT2D eigenvalue weighted by Crippen LogP contribution is -2.04. The molecule has 12 heavy (non-hydrogen) atoms. The second-order valence-electron chi connectivity index (χ2n) is 1.96. The topological polar surface area (TPSA) is 72.0 Å². The molecule has 0 aliphatic rings. The van der Waals surface area contributed by atoms with Crippen LogP contribution in [-0.4, -0.2) is 18.5 Å². The number of methoxy groups -OCH3 is 1. The van der Waals surface area contributed by atoms with Crippen molar-refractivity contribution in [1.82, 2.24) is 0 Å². The van der Waals surface area contributed by atoms with E-state index in [4.69, 9.17) is 9.62 Å². The summed E-state index contributed by atoms with van der Waals surface area (Å²) in [5, 5.41) is 10.8. The van der Waals surface area contributed by atoms with Crippen LogP contribution in [0, 0.1) is 0 Å². The van der Waals surface area contributed by atoms with Crippen LogP contribution >= 0.6 is 0 Å². The van der Waals surface area contributed by atoms with Crippen LogP contribution in [0.4, 0.5) is 0 Å². The molecule has 1 N–H and O–H groups in total. The monoisotopic (exact) mass is 169 g/mol. The van der Waals surface area contributed by atoms with Gasteiger partial charge in [0.1, 0.15) is 12.5 Å². The van der Waals surface area contributed by atoms with Gasteiger partial charge in [-0.05, 0) is 0 Å². The summed E-state index contributed by atoms with van der Waals surface area (Å²) in [6.45, 7) is 0. The molecule has 0 radical (unpaired) electrons. The normalized spacial score (nSPS) is 10.4. The van der Waals surface area contributed by atoms with Crippen molar-refractivity contribution < 1.29 is 14.4 Å². The van der Waals surface area contributed by atoms with Gasteiger partial charge in [0.25, 0.3) is 0 Å². The molecule has 1 rings (SSSR count). The highest BCUT2D eigenvalue weighted by Crippen LogP contribution is 2.02. The highest BCUT2D eigenvalue weighted by Gasteiger charge is 2.00. The average Bonchev–Trinajstić information content (AvgIpc) is 2.05. The van der Waals surface area contributed by atoms with Crippen molar-refractivity contribution in [3.63, 3.8) is 0 Å². The Balaban J connectivity index is 3.10. The molecule has 64 valence electrons. The predicted molar refractivity (Wildman–Crippen MR) is 40.9 cm³/mol. The van der Waals surface area contributed by atoms with Gasteiger partial charge in [-0.15, -0.1) is 0 Å². The number of ether oxygens (including phenoxy) is 1. The lowest BCUT2D eigenvalue weighted by molar-refractivity contribution is 0.320. The lowest BCUT2D eigenvalue weighted by Gasteiger charge is -1.96. The maximum Gasteiger partial charge on any atom is 0.227 e. The first-order valence-electron chi connectivity index (χ1n) is 3.12. The first-order valence-corrected chi connectivity index (χ1v) is 3.12. The Labute approximate surface area is 67.9 Å². The third-order valence-electron chi connectivity index (χ3n) is 1.22. The molecular formula is C7H7NO4. The Morgan fingerprint density at radius 3 is 3.00 bits per heavy atom. The lowest BCUT2D eigenvalue weighted by atomic mass is 10.4. The third kappa shape index (κ3) is 1.63. The number of rotatable bonds is 2. The van der Waals surface area contributed by atoms with Gasteiger partial charge in [-0.2, -0.15) is 0 Å². The number of oxime groups is 1. The van der Waals surface area contributed by atoms with Crippen LogP contribution in [0.1, 0.15) is 5.76 Å². The van der Waals surface area contributed by atoms with E-state index in [1.54, 1.807) is 0 Å². The molecule has 0 amide bonds. The minimum Gasteiger partial charge on any atom is -0.490 e. The molecule has 0 spiro atoms. The van der Waals surface area contributed by atoms with Crippen molar-refractivity contribution in [2.75, 3.05) is 7.11 Å². The fourth-order valence-electron chi connectivity index (χ4n) is 0.687. The van der Waals surface area contributed by atoms with E-state index in [-0.39, 0.29) is 16.9 Å². The minimum atomic E-state index is -0.321. The van der Waals surface area contributed by atoms with Crippen LogP contribution in [0.2, 0.25) is 0 Å². The number of nitrogens with zero attached hydrogens (tertiary/aromatic N) is 1. The van der Waals surface area contributed by atoms with E-state index in [0.717, 1.165) is 12.5 Å². The van der Waals surface area contributed by atoms with Gasteiger partial charge in [-0.3, -0.25) is 4.79 Å². The van der Waals surface area contributed by atoms with Gasteiger partial charge in [-0.25, -0.2) is 0 Å². The van der Waals surface area contributed by atoms with Crippen molar-refractivity contribution >= 4 is 6.21 Å². The molecule has 0 saturated heterocycles. The van der Waals surface area contributed by atoms with Gasteiger partial charge in [-0.1, -0.05) is 5.16 Å². The Kier molecular flexibility index (Phi) is 2.47. The van der Waals surface area contributed by atoms with Crippen molar-refractivity contribution in [2.45, 2.75) is 0 Å². The summed E-state index contributed by atoms with van der Waals surface area (Å²) in [7, 11) is 1.37. The molecule has 0 aliphatic carbocycles. The Bertz CT molecular complexity index is 342. The van der Waals surface area contributed by atoms with E-state index in [0.29, 0.717) is 0 Å². The molecule has 0 fully saturated rings. The van der Waals surface area contributed by atoms with E-state index < -0.39 is 0 Å². The largest absolute Gasteiger partial charge is 0.490 e. The molecule has 0 saturated carbocycles. The first-order chi connectivity index (χ1) is 5.77. The van der Waals surface area contributed by atoms with E-state index in [9.17, 15) is 4.79 Å². The number of hydrogen-bond donors (Lipinski definition) is 1. The summed E-state index contributed by atoms with van der Waals surface area (Å²) < 4.78 is 9.50. The first kappa shape index (κ1) is 8.32. The van der Waals surface area contributed by atoms with Crippen LogP contribution in [0.15, 0.2) is 26.7 Å². The van der Waals surface area contributed by atoms with Gasteiger partial charge in [0.15, 0.2) is 5.76 Å². The van der Waals surface area contributed by atoms with E-state index in [1.807, 2.05) is 0 Å². The highest BCUT2D eigenvalue weighted by atomic mass is 16.5. The molecule has 1 aromatic heterocycles. The standard InChI is InChI=1S/C7H7NO4/c1-11-7-4-12-5(3-8-10)2-6(7)9/h2-4,10H,1H3/b8-3+. The van der Waals surface area contributed by atoms with Gasteiger partial charge in [0.05, 0.1) is 7.11 Å². The molecular weight excluding hydrogens is 162 g/mol. The van der Waals surface area contributed by atoms with Gasteiger partial charge in [0.2, 0.25) is 11.2 Å². The quantitative estimate of drug-likeness (QED) is 0.396. The summed E-state index contributed by atoms with van der Waals surface area (Å²) in [5.41, 5.74) is -0.321. The van der Waals surface area contributed by atoms with E-state index in [1.165, 1.54) is 13.2 Å². The summed E-state index contributed by atoms with van der Waals surface area (Å²) in [6.07, 6.45) is 2.17. The van der Waals surface area contributed by atoms with Gasteiger partial charge in [0, 0.05) is 6.07 Å². The predicted octanol–water partition coefficient (Wildman–Crippen LogP) is 0.456. The fraction of sp³-hybridized carbons (Fsp3) is 0.143. The summed E-state index contributed by atoms with van der Waals surface area (Å²) in [6, 6.07) is 1.17. The molecule has 0 aromatic carbocycles. The van der Waals surface area contributed by atoms with Crippen LogP contribution in [0.25, 0.3) is 0 Å². The molecule has 0 unspecified atom stereocenters. The Hall–Kier alpha value is -1.78. The van der Waals surface area contributed by atoms with Crippen molar-refractivity contribution in [2.24, 2.45) is 5.16 Å². The molecule has 1 aromatic rings. The molecule has 0 atom stereocenters. The maximum absolute atomic E-state index is 11.0. The summed E-state index contributed by atoms with van der Waals surface area (Å²) in [5.74, 6) is 0.286. The maximum atomic E-state index is 11.0. The molecule has 1 heterocycles. The van der Waals surface area contributed by atoms with E-state index >= 15 is 0 Å². The zero-order valence-electron chi connectivity index (χ0n) is 6.35. The van der Waals surface area contributed by atoms with Gasteiger partial charge < -0.3 is 14.4 Å². The van der Waals surface area contributed by atoms with Crippen LogP contribution < -0.4 is 10.2 Å². The number of hydrogen-bond acceptors (Lipinski definition) is 5. The Morgan fingerprint density at radius 1 is 1.75 bits per heavy atom. The van der Waals surface area contributed by atoms with E-state index in [2.05, 4.69) is 9.89 Å². The smallest absolute Gasteiger partial charge is 0.227 e. The summed E-state index contributed by atoms with van der Waals surface area (Å²) >= 11 is 0. The second-order valence-corrected chi connectivity index (χ2v) is 1.96. The molecule has 5 nitrogen and oxygen atoms in total. The summed E-state index contributed by atoms with van der Waals surface area (Å²) in [4.78, 5) is 11.0. The Morgan fingerprint density at radius 2 is 2.50 bits per heavy atom. The SMILES string of the molecule is COc1coc(/C=N/O)cc1=O. The van der Waals surface area contributed by atoms with Crippen molar-refractivity contribution in [3.05, 3.63) is 28.3 Å². The minimum absolute atomic E-state index is 0.116. The molecule has 0 aliphatic heterocycles. The van der Waals surface area contributed by atoms with Crippen LogP contribution in [0.3, 0.4) is 0 Å². The zero-order valence-corrected chi connectivity index (χ0v) is 6.35. The van der Waals surface area contributed by atoms with Crippen molar-refractivity contribution in [1.29, 1.82) is 0 Å². The van der Waals surface area contributed by atoms with Crippen molar-refractivity contribution in [3.8, 4) is 5.75 Å². The third-order valence-corrected chi connectivity index (χ3v) is 1.22.